The van der Waals surface area contributed by atoms with Crippen molar-refractivity contribution in [2.45, 2.75) is 51.2 Å². The van der Waals surface area contributed by atoms with E-state index in [2.05, 4.69) is 5.32 Å². The van der Waals surface area contributed by atoms with Crippen LogP contribution in [0.5, 0.6) is 0 Å². The largest absolute Gasteiger partial charge is 0.352 e. The fraction of sp³-hybridized carbons (Fsp3) is 0.417. The highest BCUT2D eigenvalue weighted by molar-refractivity contribution is 7.92. The zero-order valence-electron chi connectivity index (χ0n) is 19.8. The van der Waals surface area contributed by atoms with E-state index in [1.807, 2.05) is 0 Å². The van der Waals surface area contributed by atoms with E-state index in [0.29, 0.717) is 15.6 Å². The van der Waals surface area contributed by atoms with Gasteiger partial charge in [-0.1, -0.05) is 65.3 Å². The number of halogens is 4. The van der Waals surface area contributed by atoms with Crippen molar-refractivity contribution in [3.63, 3.8) is 0 Å². The average Bonchev–Trinajstić information content (AvgIpc) is 3.31. The highest BCUT2D eigenvalue weighted by atomic mass is 35.5. The number of hydrogen-bond donors (Lipinski definition) is 1. The molecule has 0 heterocycles. The van der Waals surface area contributed by atoms with Crippen LogP contribution in [0, 0.1) is 0 Å². The highest BCUT2D eigenvalue weighted by Crippen LogP contribution is 2.30. The van der Waals surface area contributed by atoms with Gasteiger partial charge in [-0.3, -0.25) is 13.9 Å². The topological polar surface area (TPSA) is 86.8 Å². The minimum absolute atomic E-state index is 0.0459. The molecule has 1 atom stereocenters. The molecule has 0 aromatic heterocycles. The second-order valence-corrected chi connectivity index (χ2v) is 12.3. The molecule has 0 unspecified atom stereocenters. The van der Waals surface area contributed by atoms with Crippen LogP contribution in [0.1, 0.15) is 38.2 Å². The Bertz CT molecular complexity index is 1220. The average molecular weight is 595 g/mol. The predicted octanol–water partition coefficient (Wildman–Crippen LogP) is 5.54. The first-order chi connectivity index (χ1) is 16.9. The summed E-state index contributed by atoms with van der Waals surface area (Å²) in [5.41, 5.74) is 0.620. The Morgan fingerprint density at radius 3 is 2.17 bits per heavy atom. The number of hydrogen-bond acceptors (Lipinski definition) is 4. The molecule has 0 aliphatic heterocycles. The highest BCUT2D eigenvalue weighted by Gasteiger charge is 2.32. The van der Waals surface area contributed by atoms with Crippen LogP contribution in [-0.2, 0) is 26.2 Å². The number of rotatable bonds is 9. The van der Waals surface area contributed by atoms with Crippen LogP contribution in [0.2, 0.25) is 20.1 Å². The molecule has 0 bridgehead atoms. The molecule has 3 rings (SSSR count). The lowest BCUT2D eigenvalue weighted by Crippen LogP contribution is -2.52. The Balaban J connectivity index is 1.94. The van der Waals surface area contributed by atoms with Gasteiger partial charge in [0.05, 0.1) is 22.0 Å². The first kappa shape index (κ1) is 28.9. The van der Waals surface area contributed by atoms with E-state index in [9.17, 15) is 18.0 Å². The fourth-order valence-electron chi connectivity index (χ4n) is 4.08. The monoisotopic (exact) mass is 593 g/mol. The quantitative estimate of drug-likeness (QED) is 0.413. The zero-order chi connectivity index (χ0) is 26.6. The Morgan fingerprint density at radius 2 is 1.61 bits per heavy atom. The maximum atomic E-state index is 13.6. The first-order valence-electron chi connectivity index (χ1n) is 11.3. The smallest absolute Gasteiger partial charge is 0.244 e. The summed E-state index contributed by atoms with van der Waals surface area (Å²) >= 11 is 24.8. The first-order valence-corrected chi connectivity index (χ1v) is 14.7. The van der Waals surface area contributed by atoms with Crippen LogP contribution >= 0.6 is 46.4 Å². The second-order valence-electron chi connectivity index (χ2n) is 8.76. The van der Waals surface area contributed by atoms with Gasteiger partial charge in [0, 0.05) is 28.2 Å². The van der Waals surface area contributed by atoms with Crippen molar-refractivity contribution in [1.82, 2.24) is 10.2 Å². The number of sulfonamides is 1. The van der Waals surface area contributed by atoms with E-state index >= 15 is 0 Å². The molecule has 12 heteroatoms. The van der Waals surface area contributed by atoms with Crippen molar-refractivity contribution in [3.05, 3.63) is 62.1 Å². The zero-order valence-corrected chi connectivity index (χ0v) is 23.6. The van der Waals surface area contributed by atoms with E-state index in [1.54, 1.807) is 25.1 Å². The van der Waals surface area contributed by atoms with Crippen LogP contribution in [0.4, 0.5) is 5.69 Å². The van der Waals surface area contributed by atoms with Crippen LogP contribution in [0.25, 0.3) is 0 Å². The molecular formula is C24H27Cl4N3O4S. The van der Waals surface area contributed by atoms with E-state index in [-0.39, 0.29) is 34.2 Å². The number of anilines is 1. The van der Waals surface area contributed by atoms with Gasteiger partial charge in [0.25, 0.3) is 0 Å². The molecule has 2 aromatic rings. The van der Waals surface area contributed by atoms with Gasteiger partial charge in [0.1, 0.15) is 12.6 Å². The molecular weight excluding hydrogens is 568 g/mol. The molecule has 0 spiro atoms. The van der Waals surface area contributed by atoms with Crippen LogP contribution in [0.3, 0.4) is 0 Å². The third-order valence-electron chi connectivity index (χ3n) is 6.13. The molecule has 1 aliphatic carbocycles. The van der Waals surface area contributed by atoms with E-state index in [4.69, 9.17) is 46.4 Å². The van der Waals surface area contributed by atoms with Gasteiger partial charge in [-0.15, -0.1) is 0 Å². The molecule has 1 N–H and O–H groups in total. The summed E-state index contributed by atoms with van der Waals surface area (Å²) < 4.78 is 26.2. The number of carbonyl (C=O) groups is 2. The minimum Gasteiger partial charge on any atom is -0.352 e. The number of benzene rings is 2. The third kappa shape index (κ3) is 7.19. The lowest BCUT2D eigenvalue weighted by molar-refractivity contribution is -0.139. The van der Waals surface area contributed by atoms with Gasteiger partial charge < -0.3 is 10.2 Å². The Kier molecular flexibility index (Phi) is 9.80. The lowest BCUT2D eigenvalue weighted by Gasteiger charge is -2.32. The van der Waals surface area contributed by atoms with Crippen molar-refractivity contribution in [2.75, 3.05) is 17.1 Å². The van der Waals surface area contributed by atoms with E-state index in [1.165, 1.54) is 23.1 Å². The molecule has 36 heavy (non-hydrogen) atoms. The van der Waals surface area contributed by atoms with Crippen LogP contribution in [-0.4, -0.2) is 50.0 Å². The standard InChI is InChI=1S/C24H27Cl4N3O4S/c1-15(24(33)29-16-6-3-4-7-16)30(13-18-19(25)8-5-9-20(18)26)23(32)14-31(36(2,34)35)17-10-11-21(27)22(28)12-17/h5,8-12,15-16H,3-4,6-7,13-14H2,1-2H3,(H,29,33)/t15-/m1/s1. The predicted molar refractivity (Wildman–Crippen MR) is 146 cm³/mol. The van der Waals surface area contributed by atoms with Crippen LogP contribution < -0.4 is 9.62 Å². The van der Waals surface area contributed by atoms with Crippen LogP contribution in [0.15, 0.2) is 36.4 Å². The van der Waals surface area contributed by atoms with E-state index < -0.39 is 28.5 Å². The fourth-order valence-corrected chi connectivity index (χ4v) is 5.73. The van der Waals surface area contributed by atoms with Gasteiger partial charge in [0.2, 0.25) is 21.8 Å². The van der Waals surface area contributed by atoms with Crippen molar-refractivity contribution in [3.8, 4) is 0 Å². The summed E-state index contributed by atoms with van der Waals surface area (Å²) in [5.74, 6) is -0.949. The number of carbonyl (C=O) groups excluding carboxylic acids is 2. The van der Waals surface area contributed by atoms with Gasteiger partial charge in [0.15, 0.2) is 0 Å². The van der Waals surface area contributed by atoms with Crippen molar-refractivity contribution in [1.29, 1.82) is 0 Å². The molecule has 0 saturated heterocycles. The molecule has 0 radical (unpaired) electrons. The summed E-state index contributed by atoms with van der Waals surface area (Å²) in [5, 5.41) is 4.03. The molecule has 196 valence electrons. The minimum atomic E-state index is -3.90. The number of nitrogens with zero attached hydrogens (tertiary/aromatic N) is 2. The van der Waals surface area contributed by atoms with Crippen molar-refractivity contribution in [2.24, 2.45) is 0 Å². The molecule has 1 fully saturated rings. The normalized spacial score (nSPS) is 14.9. The molecule has 7 nitrogen and oxygen atoms in total. The SMILES string of the molecule is C[C@H](C(=O)NC1CCCC1)N(Cc1c(Cl)cccc1Cl)C(=O)CN(c1ccc(Cl)c(Cl)c1)S(C)(=O)=O. The van der Waals surface area contributed by atoms with Gasteiger partial charge in [-0.2, -0.15) is 0 Å². The summed E-state index contributed by atoms with van der Waals surface area (Å²) in [7, 11) is -3.90. The maximum Gasteiger partial charge on any atom is 0.244 e. The summed E-state index contributed by atoms with van der Waals surface area (Å²) in [6.07, 6.45) is 4.80. The third-order valence-corrected chi connectivity index (χ3v) is 8.72. The van der Waals surface area contributed by atoms with Crippen molar-refractivity contribution >= 4 is 73.9 Å². The summed E-state index contributed by atoms with van der Waals surface area (Å²) in [4.78, 5) is 28.0. The Morgan fingerprint density at radius 1 is 1.00 bits per heavy atom. The van der Waals surface area contributed by atoms with Crippen molar-refractivity contribution < 1.29 is 18.0 Å². The van der Waals surface area contributed by atoms with Gasteiger partial charge >= 0.3 is 0 Å². The summed E-state index contributed by atoms with van der Waals surface area (Å²) in [6.45, 7) is 0.937. The van der Waals surface area contributed by atoms with Gasteiger partial charge in [-0.25, -0.2) is 8.42 Å². The molecule has 2 aromatic carbocycles. The molecule has 1 aliphatic rings. The number of nitrogens with one attached hydrogen (secondary N) is 1. The Hall–Kier alpha value is -1.71. The maximum absolute atomic E-state index is 13.6. The molecule has 2 amide bonds. The number of amides is 2. The Labute approximate surface area is 231 Å². The summed E-state index contributed by atoms with van der Waals surface area (Å²) in [6, 6.07) is 8.33. The van der Waals surface area contributed by atoms with E-state index in [0.717, 1.165) is 36.2 Å². The van der Waals surface area contributed by atoms with Gasteiger partial charge in [-0.05, 0) is 50.1 Å². The second kappa shape index (κ2) is 12.2. The lowest BCUT2D eigenvalue weighted by atomic mass is 10.1. The molecule has 1 saturated carbocycles.